The first kappa shape index (κ1) is 20.5. The molecule has 1 aromatic heterocycles. The van der Waals surface area contributed by atoms with Gasteiger partial charge >= 0.3 is 5.97 Å². The van der Waals surface area contributed by atoms with Gasteiger partial charge in [-0.2, -0.15) is 0 Å². The monoisotopic (exact) mass is 406 g/mol. The predicted molar refractivity (Wildman–Crippen MR) is 108 cm³/mol. The molecule has 2 aliphatic rings. The molecule has 0 bridgehead atoms. The lowest BCUT2D eigenvalue weighted by molar-refractivity contribution is -0.116. The Balaban J connectivity index is 1.64. The summed E-state index contributed by atoms with van der Waals surface area (Å²) in [5.74, 6) is -1.10. The number of methoxy groups -OCH3 is 1. The molecule has 0 saturated carbocycles. The zero-order valence-corrected chi connectivity index (χ0v) is 17.4. The van der Waals surface area contributed by atoms with Crippen LogP contribution in [0.1, 0.15) is 48.5 Å². The molecule has 0 unspecified atom stereocenters. The fourth-order valence-electron chi connectivity index (χ4n) is 3.62. The summed E-state index contributed by atoms with van der Waals surface area (Å²) >= 11 is 1.17. The molecule has 8 nitrogen and oxygen atoms in total. The van der Waals surface area contributed by atoms with Crippen molar-refractivity contribution in [1.82, 2.24) is 10.3 Å². The van der Waals surface area contributed by atoms with E-state index in [2.05, 4.69) is 22.2 Å². The zero-order chi connectivity index (χ0) is 20.4. The van der Waals surface area contributed by atoms with Gasteiger partial charge < -0.3 is 20.1 Å². The smallest absolute Gasteiger partial charge is 0.347 e. The van der Waals surface area contributed by atoms with Crippen LogP contribution in [0.4, 0.5) is 5.13 Å². The van der Waals surface area contributed by atoms with Crippen molar-refractivity contribution in [3.8, 4) is 0 Å². The van der Waals surface area contributed by atoms with Crippen molar-refractivity contribution in [2.45, 2.75) is 52.2 Å². The Labute approximate surface area is 168 Å². The van der Waals surface area contributed by atoms with E-state index in [4.69, 9.17) is 4.74 Å². The van der Waals surface area contributed by atoms with Crippen LogP contribution in [0.15, 0.2) is 16.3 Å². The van der Waals surface area contributed by atoms with Crippen LogP contribution in [0.2, 0.25) is 0 Å². The fourth-order valence-corrected chi connectivity index (χ4v) is 4.57. The Morgan fingerprint density at radius 2 is 2.14 bits per heavy atom. The van der Waals surface area contributed by atoms with Crippen LogP contribution in [0.25, 0.3) is 0 Å². The summed E-state index contributed by atoms with van der Waals surface area (Å²) in [4.78, 5) is 35.0. The van der Waals surface area contributed by atoms with Gasteiger partial charge in [0.15, 0.2) is 5.13 Å². The largest absolute Gasteiger partial charge is 0.477 e. The quantitative estimate of drug-likeness (QED) is 0.752. The number of amides is 1. The van der Waals surface area contributed by atoms with Gasteiger partial charge in [0.1, 0.15) is 10.6 Å². The van der Waals surface area contributed by atoms with Gasteiger partial charge in [-0.05, 0) is 32.3 Å². The van der Waals surface area contributed by atoms with E-state index in [0.29, 0.717) is 42.5 Å². The summed E-state index contributed by atoms with van der Waals surface area (Å²) in [5.41, 5.74) is 3.23. The number of aromatic carboxylic acids is 1. The SMILES string of the molecule is CCC1=C(C)N=C(C(=O)N[C@@H]2CCN(c3nc(C)c(C(=O)O)s3)C[C@@H]2OC)C1. The molecule has 0 radical (unpaired) electrons. The molecule has 1 amide bonds. The van der Waals surface area contributed by atoms with Gasteiger partial charge in [0.05, 0.1) is 17.8 Å². The second-order valence-corrected chi connectivity index (χ2v) is 8.06. The van der Waals surface area contributed by atoms with Gasteiger partial charge in [-0.15, -0.1) is 0 Å². The van der Waals surface area contributed by atoms with Gasteiger partial charge in [-0.1, -0.05) is 18.3 Å². The number of ether oxygens (including phenoxy) is 1. The van der Waals surface area contributed by atoms with Crippen molar-refractivity contribution >= 4 is 34.1 Å². The van der Waals surface area contributed by atoms with Crippen molar-refractivity contribution in [3.05, 3.63) is 21.8 Å². The topological polar surface area (TPSA) is 104 Å². The molecule has 3 rings (SSSR count). The van der Waals surface area contributed by atoms with Crippen LogP contribution in [0, 0.1) is 6.92 Å². The molecule has 0 aromatic carbocycles. The zero-order valence-electron chi connectivity index (χ0n) is 16.6. The lowest BCUT2D eigenvalue weighted by atomic mass is 10.0. The number of carboxylic acid groups (broad SMARTS) is 1. The molecule has 2 aliphatic heterocycles. The summed E-state index contributed by atoms with van der Waals surface area (Å²) in [7, 11) is 1.62. The van der Waals surface area contributed by atoms with Crippen LogP contribution >= 0.6 is 11.3 Å². The number of carbonyl (C=O) groups is 2. The van der Waals surface area contributed by atoms with Gasteiger partial charge in [-0.25, -0.2) is 9.78 Å². The van der Waals surface area contributed by atoms with Crippen LogP contribution < -0.4 is 10.2 Å². The first-order valence-electron chi connectivity index (χ1n) is 9.39. The number of piperidine rings is 1. The fraction of sp³-hybridized carbons (Fsp3) is 0.579. The first-order chi connectivity index (χ1) is 13.3. The number of anilines is 1. The number of allylic oxidation sites excluding steroid dienone is 2. The molecule has 1 fully saturated rings. The van der Waals surface area contributed by atoms with Crippen LogP contribution in [0.3, 0.4) is 0 Å². The van der Waals surface area contributed by atoms with Crippen LogP contribution in [0.5, 0.6) is 0 Å². The maximum atomic E-state index is 12.6. The minimum Gasteiger partial charge on any atom is -0.477 e. The molecule has 2 atom stereocenters. The standard InChI is InChI=1S/C19H26N4O4S/c1-5-12-8-14(20-10(12)2)17(24)22-13-6-7-23(9-15(13)27-4)19-21-11(3)16(28-19)18(25)26/h13,15H,5-9H2,1-4H3,(H,22,24)(H,25,26)/t13-,15+/m1/s1. The average molecular weight is 407 g/mol. The Hall–Kier alpha value is -2.26. The Morgan fingerprint density at radius 3 is 2.71 bits per heavy atom. The molecular weight excluding hydrogens is 380 g/mol. The number of nitrogens with zero attached hydrogens (tertiary/aromatic N) is 3. The molecule has 1 saturated heterocycles. The second kappa shape index (κ2) is 8.40. The summed E-state index contributed by atoms with van der Waals surface area (Å²) < 4.78 is 5.62. The highest BCUT2D eigenvalue weighted by Crippen LogP contribution is 2.29. The third kappa shape index (κ3) is 4.10. The van der Waals surface area contributed by atoms with Gasteiger partial charge in [0, 0.05) is 32.3 Å². The summed E-state index contributed by atoms with van der Waals surface area (Å²) in [5, 5.41) is 13.0. The molecule has 28 heavy (non-hydrogen) atoms. The number of aliphatic imine (C=N–C) groups is 1. The molecule has 3 heterocycles. The number of aromatic nitrogens is 1. The number of aryl methyl sites for hydroxylation is 1. The van der Waals surface area contributed by atoms with Crippen molar-refractivity contribution < 1.29 is 19.4 Å². The number of hydrogen-bond acceptors (Lipinski definition) is 7. The van der Waals surface area contributed by atoms with Crippen LogP contribution in [-0.2, 0) is 9.53 Å². The third-order valence-electron chi connectivity index (χ3n) is 5.31. The number of nitrogens with one attached hydrogen (secondary N) is 1. The lowest BCUT2D eigenvalue weighted by Gasteiger charge is -2.38. The highest BCUT2D eigenvalue weighted by Gasteiger charge is 2.33. The summed E-state index contributed by atoms with van der Waals surface area (Å²) in [6.07, 6.45) is 1.99. The second-order valence-electron chi connectivity index (χ2n) is 7.08. The van der Waals surface area contributed by atoms with E-state index in [9.17, 15) is 14.7 Å². The number of hydrogen-bond donors (Lipinski definition) is 2. The van der Waals surface area contributed by atoms with Crippen molar-refractivity contribution in [2.24, 2.45) is 4.99 Å². The maximum Gasteiger partial charge on any atom is 0.347 e. The molecule has 152 valence electrons. The molecule has 0 spiro atoms. The third-order valence-corrected chi connectivity index (χ3v) is 6.52. The number of thiazole rings is 1. The highest BCUT2D eigenvalue weighted by molar-refractivity contribution is 7.17. The van der Waals surface area contributed by atoms with Gasteiger partial charge in [0.2, 0.25) is 0 Å². The Kier molecular flexibility index (Phi) is 6.14. The molecule has 9 heteroatoms. The number of carbonyl (C=O) groups excluding carboxylic acids is 1. The first-order valence-corrected chi connectivity index (χ1v) is 10.2. The van der Waals surface area contributed by atoms with E-state index < -0.39 is 5.97 Å². The molecule has 0 aliphatic carbocycles. The van der Waals surface area contributed by atoms with Gasteiger partial charge in [-0.3, -0.25) is 9.79 Å². The average Bonchev–Trinajstić information content (AvgIpc) is 3.24. The molecule has 2 N–H and O–H groups in total. The predicted octanol–water partition coefficient (Wildman–Crippen LogP) is 2.39. The number of carboxylic acids is 1. The van der Waals surface area contributed by atoms with E-state index in [0.717, 1.165) is 12.1 Å². The highest BCUT2D eigenvalue weighted by atomic mass is 32.1. The Morgan fingerprint density at radius 1 is 1.39 bits per heavy atom. The summed E-state index contributed by atoms with van der Waals surface area (Å²) in [6, 6.07) is -0.123. The van der Waals surface area contributed by atoms with Crippen molar-refractivity contribution in [3.63, 3.8) is 0 Å². The normalized spacial score (nSPS) is 22.4. The minimum atomic E-state index is -0.959. The van der Waals surface area contributed by atoms with E-state index in [1.165, 1.54) is 16.9 Å². The Bertz CT molecular complexity index is 845. The van der Waals surface area contributed by atoms with Crippen molar-refractivity contribution in [2.75, 3.05) is 25.1 Å². The van der Waals surface area contributed by atoms with Crippen LogP contribution in [-0.4, -0.2) is 60.0 Å². The summed E-state index contributed by atoms with van der Waals surface area (Å²) in [6.45, 7) is 6.92. The van der Waals surface area contributed by atoms with E-state index >= 15 is 0 Å². The van der Waals surface area contributed by atoms with E-state index in [-0.39, 0.29) is 22.9 Å². The minimum absolute atomic E-state index is 0.123. The maximum absolute atomic E-state index is 12.6. The van der Waals surface area contributed by atoms with Gasteiger partial charge in [0.25, 0.3) is 5.91 Å². The van der Waals surface area contributed by atoms with Crippen molar-refractivity contribution in [1.29, 1.82) is 0 Å². The number of rotatable bonds is 6. The molecular formula is C19H26N4O4S. The van der Waals surface area contributed by atoms with E-state index in [1.54, 1.807) is 14.0 Å². The molecule has 1 aromatic rings. The lowest BCUT2D eigenvalue weighted by Crippen LogP contribution is -2.55. The van der Waals surface area contributed by atoms with E-state index in [1.807, 2.05) is 11.8 Å².